The van der Waals surface area contributed by atoms with E-state index in [4.69, 9.17) is 5.10 Å². The number of halogens is 2. The molecule has 0 N–H and O–H groups in total. The fourth-order valence-electron chi connectivity index (χ4n) is 5.32. The van der Waals surface area contributed by atoms with E-state index in [1.54, 1.807) is 4.90 Å². The van der Waals surface area contributed by atoms with Crippen LogP contribution in [0.25, 0.3) is 33.4 Å². The van der Waals surface area contributed by atoms with Gasteiger partial charge < -0.3 is 9.47 Å². The van der Waals surface area contributed by atoms with E-state index in [0.29, 0.717) is 25.9 Å². The van der Waals surface area contributed by atoms with Crippen LogP contribution in [0.2, 0.25) is 0 Å². The molecule has 1 aliphatic heterocycles. The smallest absolute Gasteiger partial charge is 0.263 e. The summed E-state index contributed by atoms with van der Waals surface area (Å²) in [6.07, 6.45) is 4.97. The van der Waals surface area contributed by atoms with Crippen molar-refractivity contribution in [1.82, 2.24) is 24.2 Å². The van der Waals surface area contributed by atoms with E-state index in [1.807, 2.05) is 48.5 Å². The van der Waals surface area contributed by atoms with Crippen molar-refractivity contribution in [3.05, 3.63) is 61.1 Å². The summed E-state index contributed by atoms with van der Waals surface area (Å²) < 4.78 is 31.4. The Morgan fingerprint density at radius 1 is 1.06 bits per heavy atom. The molecule has 180 valence electrons. The molecule has 2 aliphatic rings. The maximum absolute atomic E-state index is 13.7. The number of alkyl halides is 2. The lowest BCUT2D eigenvalue weighted by atomic mass is 9.99. The van der Waals surface area contributed by atoms with Crippen molar-refractivity contribution in [3.63, 3.8) is 0 Å². The van der Waals surface area contributed by atoms with Crippen molar-refractivity contribution in [2.24, 2.45) is 12.5 Å². The first-order chi connectivity index (χ1) is 16.8. The average molecular weight is 476 g/mol. The predicted molar refractivity (Wildman–Crippen MR) is 130 cm³/mol. The number of nitrogens with zero attached hydrogens (tertiary/aromatic N) is 5. The number of aryl methyl sites for hydroxylation is 1. The minimum atomic E-state index is -2.87. The standard InChI is InChI=1S/C27H27F2N5O/c1-26(16-27(26,28)29)25(35)33-12-10-20(11-13-33)34-17-30-22-9-8-19(14-23(22)34)21-15-32(2)31-24(21)18-6-4-3-5-7-18/h3-9,14-15,17,20H,10-13,16H2,1-2H3. The maximum Gasteiger partial charge on any atom is 0.263 e. The molecule has 6 nitrogen and oxygen atoms in total. The van der Waals surface area contributed by atoms with Crippen molar-refractivity contribution >= 4 is 16.9 Å². The lowest BCUT2D eigenvalue weighted by Crippen LogP contribution is -2.43. The highest BCUT2D eigenvalue weighted by Crippen LogP contribution is 2.61. The van der Waals surface area contributed by atoms with Crippen LogP contribution in [0.5, 0.6) is 0 Å². The number of likely N-dealkylation sites (tertiary alicyclic amines) is 1. The van der Waals surface area contributed by atoms with Gasteiger partial charge in [-0.1, -0.05) is 36.4 Å². The summed E-state index contributed by atoms with van der Waals surface area (Å²) in [5.74, 6) is -3.29. The molecule has 1 atom stereocenters. The second kappa shape index (κ2) is 7.73. The Kier molecular flexibility index (Phi) is 4.85. The Hall–Kier alpha value is -3.55. The van der Waals surface area contributed by atoms with Gasteiger partial charge in [-0.25, -0.2) is 13.8 Å². The van der Waals surface area contributed by atoms with Crippen molar-refractivity contribution in [2.45, 2.75) is 38.2 Å². The van der Waals surface area contributed by atoms with Gasteiger partial charge in [0, 0.05) is 49.9 Å². The topological polar surface area (TPSA) is 56.0 Å². The number of hydrogen-bond donors (Lipinski definition) is 0. The van der Waals surface area contributed by atoms with Gasteiger partial charge >= 0.3 is 0 Å². The molecule has 3 heterocycles. The fraction of sp³-hybridized carbons (Fsp3) is 0.370. The molecule has 0 spiro atoms. The van der Waals surface area contributed by atoms with Gasteiger partial charge in [0.05, 0.1) is 17.4 Å². The molecule has 1 amide bonds. The van der Waals surface area contributed by atoms with Crippen LogP contribution < -0.4 is 0 Å². The van der Waals surface area contributed by atoms with Gasteiger partial charge in [0.25, 0.3) is 5.92 Å². The number of imidazole rings is 1. The number of hydrogen-bond acceptors (Lipinski definition) is 3. The van der Waals surface area contributed by atoms with Gasteiger partial charge in [-0.3, -0.25) is 9.48 Å². The van der Waals surface area contributed by atoms with Crippen molar-refractivity contribution in [1.29, 1.82) is 0 Å². The van der Waals surface area contributed by atoms with Gasteiger partial charge in [-0.2, -0.15) is 5.10 Å². The maximum atomic E-state index is 13.7. The van der Waals surface area contributed by atoms with Crippen molar-refractivity contribution in [2.75, 3.05) is 13.1 Å². The largest absolute Gasteiger partial charge is 0.342 e. The molecule has 1 saturated carbocycles. The molecule has 2 aromatic heterocycles. The number of carbonyl (C=O) groups is 1. The molecule has 2 aromatic carbocycles. The van der Waals surface area contributed by atoms with Crippen molar-refractivity contribution in [3.8, 4) is 22.4 Å². The zero-order chi connectivity index (χ0) is 24.4. The number of amides is 1. The SMILES string of the molecule is Cn1cc(-c2ccc3ncn(C4CCN(C(=O)C5(C)CC5(F)F)CC4)c3c2)c(-c2ccccc2)n1. The van der Waals surface area contributed by atoms with Gasteiger partial charge in [-0.15, -0.1) is 0 Å². The molecule has 2 fully saturated rings. The van der Waals surface area contributed by atoms with Crippen LogP contribution in [0.4, 0.5) is 8.78 Å². The first-order valence-corrected chi connectivity index (χ1v) is 12.0. The number of piperidine rings is 1. The zero-order valence-electron chi connectivity index (χ0n) is 19.8. The van der Waals surface area contributed by atoms with Gasteiger partial charge in [0.2, 0.25) is 5.91 Å². The molecule has 1 unspecified atom stereocenters. The number of rotatable bonds is 4. The Morgan fingerprint density at radius 3 is 2.46 bits per heavy atom. The van der Waals surface area contributed by atoms with Gasteiger partial charge in [0.1, 0.15) is 11.1 Å². The lowest BCUT2D eigenvalue weighted by molar-refractivity contribution is -0.141. The van der Waals surface area contributed by atoms with E-state index in [1.165, 1.54) is 6.92 Å². The highest BCUT2D eigenvalue weighted by molar-refractivity contribution is 5.88. The highest BCUT2D eigenvalue weighted by Gasteiger charge is 2.73. The molecule has 1 saturated heterocycles. The quantitative estimate of drug-likeness (QED) is 0.402. The third-order valence-corrected chi connectivity index (χ3v) is 7.64. The Balaban J connectivity index is 1.27. The minimum Gasteiger partial charge on any atom is -0.342 e. The van der Waals surface area contributed by atoms with E-state index >= 15 is 0 Å². The number of fused-ring (bicyclic) bond motifs is 1. The third kappa shape index (κ3) is 3.54. The zero-order valence-corrected chi connectivity index (χ0v) is 19.8. The summed E-state index contributed by atoms with van der Waals surface area (Å²) in [5.41, 5.74) is 4.50. The second-order valence-corrected chi connectivity index (χ2v) is 10.0. The number of aromatic nitrogens is 4. The molecule has 4 aromatic rings. The van der Waals surface area contributed by atoms with Crippen LogP contribution in [0.3, 0.4) is 0 Å². The number of benzene rings is 2. The van der Waals surface area contributed by atoms with Crippen LogP contribution in [0.1, 0.15) is 32.2 Å². The van der Waals surface area contributed by atoms with Crippen LogP contribution in [0, 0.1) is 5.41 Å². The van der Waals surface area contributed by atoms with E-state index < -0.39 is 17.2 Å². The normalized spacial score (nSPS) is 22.0. The summed E-state index contributed by atoms with van der Waals surface area (Å²) in [4.78, 5) is 18.9. The van der Waals surface area contributed by atoms with Gasteiger partial charge in [-0.05, 0) is 37.5 Å². The second-order valence-electron chi connectivity index (χ2n) is 10.0. The Bertz CT molecular complexity index is 1420. The van der Waals surface area contributed by atoms with Crippen LogP contribution in [-0.4, -0.2) is 49.2 Å². The summed E-state index contributed by atoms with van der Waals surface area (Å²) in [6.45, 7) is 2.35. The Morgan fingerprint density at radius 2 is 1.77 bits per heavy atom. The van der Waals surface area contributed by atoms with E-state index in [0.717, 1.165) is 33.4 Å². The van der Waals surface area contributed by atoms with E-state index in [-0.39, 0.29) is 12.5 Å². The summed E-state index contributed by atoms with van der Waals surface area (Å²) in [6, 6.07) is 16.5. The first kappa shape index (κ1) is 21.9. The minimum absolute atomic E-state index is 0.161. The first-order valence-electron chi connectivity index (χ1n) is 12.0. The molecule has 8 heteroatoms. The molecular weight excluding hydrogens is 448 g/mol. The summed E-state index contributed by atoms with van der Waals surface area (Å²) in [7, 11) is 1.92. The lowest BCUT2D eigenvalue weighted by Gasteiger charge is -2.34. The summed E-state index contributed by atoms with van der Waals surface area (Å²) in [5, 5.41) is 4.70. The molecule has 6 rings (SSSR count). The molecule has 0 bridgehead atoms. The van der Waals surface area contributed by atoms with Gasteiger partial charge in [0.15, 0.2) is 0 Å². The predicted octanol–water partition coefficient (Wildman–Crippen LogP) is 5.31. The van der Waals surface area contributed by atoms with Crippen molar-refractivity contribution < 1.29 is 13.6 Å². The highest BCUT2D eigenvalue weighted by atomic mass is 19.3. The molecule has 0 radical (unpaired) electrons. The Labute approximate surface area is 202 Å². The molecule has 35 heavy (non-hydrogen) atoms. The fourth-order valence-corrected chi connectivity index (χ4v) is 5.32. The van der Waals surface area contributed by atoms with E-state index in [2.05, 4.69) is 33.8 Å². The van der Waals surface area contributed by atoms with E-state index in [9.17, 15) is 13.6 Å². The monoisotopic (exact) mass is 475 g/mol. The average Bonchev–Trinajstić information content (AvgIpc) is 3.20. The van der Waals surface area contributed by atoms with Crippen LogP contribution in [0.15, 0.2) is 61.1 Å². The van der Waals surface area contributed by atoms with Crippen LogP contribution >= 0.6 is 0 Å². The van der Waals surface area contributed by atoms with Crippen LogP contribution in [-0.2, 0) is 11.8 Å². The third-order valence-electron chi connectivity index (χ3n) is 7.64. The number of carbonyl (C=O) groups excluding carboxylic acids is 1. The summed E-state index contributed by atoms with van der Waals surface area (Å²) >= 11 is 0. The molecule has 1 aliphatic carbocycles. The molecular formula is C27H27F2N5O.